The monoisotopic (exact) mass is 449 g/mol. The summed E-state index contributed by atoms with van der Waals surface area (Å²) in [6.07, 6.45) is 5.31. The van der Waals surface area contributed by atoms with Crippen LogP contribution < -0.4 is 10.1 Å². The van der Waals surface area contributed by atoms with Gasteiger partial charge in [-0.05, 0) is 49.1 Å². The summed E-state index contributed by atoms with van der Waals surface area (Å²) < 4.78 is 25.9. The number of nitrogens with one attached hydrogen (secondary N) is 2. The first-order valence-electron chi connectivity index (χ1n) is 12.1. The smallest absolute Gasteiger partial charge is 0.143 e. The molecule has 2 bridgehead atoms. The van der Waals surface area contributed by atoms with Gasteiger partial charge in [-0.2, -0.15) is 0 Å². The van der Waals surface area contributed by atoms with Crippen LogP contribution in [-0.2, 0) is 4.74 Å². The molecule has 2 N–H and O–H groups in total. The van der Waals surface area contributed by atoms with Crippen LogP contribution in [-0.4, -0.2) is 58.8 Å². The Balaban J connectivity index is 1.26. The van der Waals surface area contributed by atoms with E-state index in [4.69, 9.17) is 9.47 Å². The molecule has 7 rings (SSSR count). The molecule has 1 aromatic carbocycles. The quantitative estimate of drug-likeness (QED) is 0.630. The second-order valence-electron chi connectivity index (χ2n) is 10.1. The van der Waals surface area contributed by atoms with E-state index in [-0.39, 0.29) is 17.9 Å². The number of hydrogen-bond donors (Lipinski definition) is 2. The highest BCUT2D eigenvalue weighted by atomic mass is 19.1. The van der Waals surface area contributed by atoms with E-state index in [0.717, 1.165) is 48.7 Å². The van der Waals surface area contributed by atoms with E-state index >= 15 is 0 Å². The fraction of sp³-hybridized carbons (Fsp3) is 0.520. The number of ether oxygens (including phenoxy) is 2. The highest BCUT2D eigenvalue weighted by Gasteiger charge is 2.41. The van der Waals surface area contributed by atoms with Gasteiger partial charge in [0.05, 0.1) is 30.7 Å². The van der Waals surface area contributed by atoms with Gasteiger partial charge in [-0.15, -0.1) is 0 Å². The predicted octanol–water partition coefficient (Wildman–Crippen LogP) is 3.86. The summed E-state index contributed by atoms with van der Waals surface area (Å²) in [7, 11) is 0. The van der Waals surface area contributed by atoms with Crippen molar-refractivity contribution >= 4 is 16.9 Å². The third-order valence-electron chi connectivity index (χ3n) is 7.69. The van der Waals surface area contributed by atoms with E-state index in [1.807, 2.05) is 6.07 Å². The molecule has 0 amide bonds. The molecule has 3 aromatic rings. The topological polar surface area (TPSA) is 75.3 Å². The number of rotatable bonds is 4. The van der Waals surface area contributed by atoms with Crippen molar-refractivity contribution < 1.29 is 13.9 Å². The molecule has 0 spiro atoms. The third kappa shape index (κ3) is 3.56. The van der Waals surface area contributed by atoms with Crippen molar-refractivity contribution in [3.8, 4) is 5.75 Å². The number of H-pyrrole nitrogens is 1. The van der Waals surface area contributed by atoms with Crippen molar-refractivity contribution in [3.05, 3.63) is 47.7 Å². The molecule has 7 nitrogen and oxygen atoms in total. The molecule has 33 heavy (non-hydrogen) atoms. The first kappa shape index (κ1) is 19.7. The standard InChI is InChI=1S/C25H28FN5O2/c26-17-3-4-18-22(6-17)33-12-21(31-8-14-5-15(9-31)11-32-10-14)23(18)30-25-19-7-20(16-1-2-16)29-24(19)27-13-28-25/h3-4,6-7,13-16,21,23H,1-2,5,8-12H2,(H2,27,28,29,30)/t14-,15-,21+,23+/m1/s1. The van der Waals surface area contributed by atoms with Crippen molar-refractivity contribution in [1.82, 2.24) is 19.9 Å². The number of nitrogens with zero attached hydrogens (tertiary/aromatic N) is 3. The van der Waals surface area contributed by atoms with E-state index in [1.165, 1.54) is 37.1 Å². The molecule has 172 valence electrons. The van der Waals surface area contributed by atoms with E-state index in [0.29, 0.717) is 30.1 Å². The molecule has 5 heterocycles. The first-order chi connectivity index (χ1) is 16.2. The minimum absolute atomic E-state index is 0.0635. The maximum Gasteiger partial charge on any atom is 0.143 e. The van der Waals surface area contributed by atoms with Crippen LogP contribution in [0.4, 0.5) is 10.2 Å². The van der Waals surface area contributed by atoms with Gasteiger partial charge in [-0.1, -0.05) is 6.07 Å². The summed E-state index contributed by atoms with van der Waals surface area (Å²) >= 11 is 0. The fourth-order valence-corrected chi connectivity index (χ4v) is 5.97. The van der Waals surface area contributed by atoms with Crippen LogP contribution >= 0.6 is 0 Å². The van der Waals surface area contributed by atoms with Crippen molar-refractivity contribution in [2.75, 3.05) is 38.2 Å². The molecule has 1 saturated carbocycles. The normalized spacial score (nSPS) is 29.5. The molecule has 3 fully saturated rings. The minimum atomic E-state index is -0.278. The van der Waals surface area contributed by atoms with Crippen LogP contribution in [0.3, 0.4) is 0 Å². The molecule has 0 unspecified atom stereocenters. The minimum Gasteiger partial charge on any atom is -0.491 e. The number of anilines is 1. The van der Waals surface area contributed by atoms with Gasteiger partial charge in [-0.3, -0.25) is 4.90 Å². The lowest BCUT2D eigenvalue weighted by Gasteiger charge is -2.48. The Morgan fingerprint density at radius 2 is 1.91 bits per heavy atom. The van der Waals surface area contributed by atoms with Crippen molar-refractivity contribution in [2.24, 2.45) is 11.8 Å². The number of aromatic amines is 1. The van der Waals surface area contributed by atoms with Crippen molar-refractivity contribution in [2.45, 2.75) is 37.3 Å². The molecule has 0 radical (unpaired) electrons. The predicted molar refractivity (Wildman–Crippen MR) is 122 cm³/mol. The molecule has 4 atom stereocenters. The number of aromatic nitrogens is 3. The number of fused-ring (bicyclic) bond motifs is 4. The molecule has 2 aromatic heterocycles. The Bertz CT molecular complexity index is 1180. The Morgan fingerprint density at radius 1 is 1.06 bits per heavy atom. The van der Waals surface area contributed by atoms with E-state index in [2.05, 4.69) is 31.2 Å². The molecule has 2 saturated heterocycles. The lowest BCUT2D eigenvalue weighted by molar-refractivity contribution is -0.0605. The van der Waals surface area contributed by atoms with Crippen LogP contribution in [0.1, 0.15) is 42.5 Å². The molecule has 1 aliphatic carbocycles. The summed E-state index contributed by atoms with van der Waals surface area (Å²) in [5, 5.41) is 4.75. The Morgan fingerprint density at radius 3 is 2.73 bits per heavy atom. The summed E-state index contributed by atoms with van der Waals surface area (Å²) in [6.45, 7) is 4.17. The van der Waals surface area contributed by atoms with Crippen molar-refractivity contribution in [1.29, 1.82) is 0 Å². The van der Waals surface area contributed by atoms with Crippen LogP contribution in [0.2, 0.25) is 0 Å². The number of hydrogen-bond acceptors (Lipinski definition) is 6. The molecular weight excluding hydrogens is 421 g/mol. The number of benzene rings is 1. The van der Waals surface area contributed by atoms with Gasteiger partial charge in [0.1, 0.15) is 36.0 Å². The molecular formula is C25H28FN5O2. The zero-order valence-corrected chi connectivity index (χ0v) is 18.5. The van der Waals surface area contributed by atoms with E-state index in [9.17, 15) is 4.39 Å². The molecule has 3 aliphatic heterocycles. The lowest BCUT2D eigenvalue weighted by Crippen LogP contribution is -2.56. The maximum atomic E-state index is 14.0. The van der Waals surface area contributed by atoms with Gasteiger partial charge in [-0.25, -0.2) is 14.4 Å². The van der Waals surface area contributed by atoms with E-state index in [1.54, 1.807) is 6.33 Å². The van der Waals surface area contributed by atoms with Gasteiger partial charge in [0.15, 0.2) is 0 Å². The number of likely N-dealkylation sites (tertiary alicyclic amines) is 1. The van der Waals surface area contributed by atoms with Gasteiger partial charge in [0.2, 0.25) is 0 Å². The average molecular weight is 450 g/mol. The highest BCUT2D eigenvalue weighted by Crippen LogP contribution is 2.43. The first-order valence-corrected chi connectivity index (χ1v) is 12.1. The summed E-state index contributed by atoms with van der Waals surface area (Å²) in [6, 6.07) is 7.13. The largest absolute Gasteiger partial charge is 0.491 e. The zero-order chi connectivity index (χ0) is 21.9. The lowest BCUT2D eigenvalue weighted by atomic mass is 9.85. The SMILES string of the molecule is Fc1ccc2c(c1)OC[C@H](N1C[C@@H]3COC[C@H](C3)C1)[C@H]2Nc1ncnc2[nH]c(C3CC3)cc12. The Hall–Kier alpha value is -2.71. The highest BCUT2D eigenvalue weighted by molar-refractivity contribution is 5.88. The van der Waals surface area contributed by atoms with Crippen LogP contribution in [0, 0.1) is 17.7 Å². The Kier molecular flexibility index (Phi) is 4.59. The zero-order valence-electron chi connectivity index (χ0n) is 18.5. The van der Waals surface area contributed by atoms with Gasteiger partial charge in [0, 0.05) is 30.4 Å². The molecule has 4 aliphatic rings. The number of piperidine rings is 1. The molecule has 8 heteroatoms. The fourth-order valence-electron chi connectivity index (χ4n) is 5.97. The van der Waals surface area contributed by atoms with Crippen LogP contribution in [0.25, 0.3) is 11.0 Å². The third-order valence-corrected chi connectivity index (χ3v) is 7.69. The van der Waals surface area contributed by atoms with E-state index < -0.39 is 0 Å². The van der Waals surface area contributed by atoms with Gasteiger partial charge >= 0.3 is 0 Å². The van der Waals surface area contributed by atoms with Crippen LogP contribution in [0.15, 0.2) is 30.6 Å². The number of halogens is 1. The summed E-state index contributed by atoms with van der Waals surface area (Å²) in [4.78, 5) is 15.1. The van der Waals surface area contributed by atoms with Crippen molar-refractivity contribution in [3.63, 3.8) is 0 Å². The van der Waals surface area contributed by atoms with Gasteiger partial charge < -0.3 is 19.8 Å². The maximum absolute atomic E-state index is 14.0. The average Bonchev–Trinajstić information content (AvgIpc) is 3.57. The Labute approximate surface area is 191 Å². The second-order valence-corrected chi connectivity index (χ2v) is 10.1. The van der Waals surface area contributed by atoms with Gasteiger partial charge in [0.25, 0.3) is 0 Å². The summed E-state index contributed by atoms with van der Waals surface area (Å²) in [5.74, 6) is 2.88. The second kappa shape index (κ2) is 7.67. The van der Waals surface area contributed by atoms with Crippen LogP contribution in [0.5, 0.6) is 5.75 Å². The summed E-state index contributed by atoms with van der Waals surface area (Å²) in [5.41, 5.74) is 3.08.